The average molecular weight is 310 g/mol. The molecule has 0 spiro atoms. The summed E-state index contributed by atoms with van der Waals surface area (Å²) in [6, 6.07) is 13.6. The Morgan fingerprint density at radius 3 is 2.39 bits per heavy atom. The predicted molar refractivity (Wildman–Crippen MR) is 86.3 cm³/mol. The lowest BCUT2D eigenvalue weighted by Gasteiger charge is -2.06. The van der Waals surface area contributed by atoms with E-state index < -0.39 is 0 Å². The van der Waals surface area contributed by atoms with Crippen molar-refractivity contribution in [1.29, 1.82) is 0 Å². The fraction of sp³-hybridized carbons (Fsp3) is 0.118. The normalized spacial score (nSPS) is 10.5. The quantitative estimate of drug-likeness (QED) is 0.777. The van der Waals surface area contributed by atoms with Gasteiger partial charge in [-0.15, -0.1) is 10.2 Å². The number of aryl methyl sites for hydroxylation is 1. The second-order valence-corrected chi connectivity index (χ2v) is 5.24. The van der Waals surface area contributed by atoms with Crippen LogP contribution in [-0.2, 0) is 6.42 Å². The van der Waals surface area contributed by atoms with Gasteiger partial charge in [-0.05, 0) is 36.8 Å². The number of H-pyrrole nitrogens is 1. The Morgan fingerprint density at radius 1 is 1.04 bits per heavy atom. The van der Waals surface area contributed by atoms with Crippen LogP contribution in [0.15, 0.2) is 53.3 Å². The van der Waals surface area contributed by atoms with Crippen molar-refractivity contribution in [2.24, 2.45) is 0 Å². The first-order valence-electron chi connectivity index (χ1n) is 7.14. The number of aromatic amines is 1. The Hall–Kier alpha value is -3.02. The van der Waals surface area contributed by atoms with Crippen LogP contribution in [0.5, 0.6) is 0 Å². The fourth-order valence-corrected chi connectivity index (χ4v) is 2.10. The third kappa shape index (κ3) is 3.79. The van der Waals surface area contributed by atoms with Crippen LogP contribution >= 0.6 is 0 Å². The Labute approximate surface area is 132 Å². The molecule has 0 radical (unpaired) electrons. The molecule has 0 fully saturated rings. The lowest BCUT2D eigenvalue weighted by molar-refractivity contribution is 0.627. The lowest BCUT2D eigenvalue weighted by atomic mass is 10.1. The highest BCUT2D eigenvalue weighted by atomic mass is 19.1. The van der Waals surface area contributed by atoms with Gasteiger partial charge in [0.2, 0.25) is 5.95 Å². The van der Waals surface area contributed by atoms with Crippen LogP contribution in [0.1, 0.15) is 16.8 Å². The number of nitrogens with zero attached hydrogens (tertiary/aromatic N) is 2. The van der Waals surface area contributed by atoms with Gasteiger partial charge in [-0.25, -0.2) is 4.39 Å². The van der Waals surface area contributed by atoms with Gasteiger partial charge in [0.15, 0.2) is 0 Å². The van der Waals surface area contributed by atoms with Gasteiger partial charge in [0.25, 0.3) is 5.56 Å². The molecule has 0 bridgehead atoms. The van der Waals surface area contributed by atoms with Crippen molar-refractivity contribution in [2.75, 3.05) is 5.32 Å². The van der Waals surface area contributed by atoms with E-state index in [4.69, 9.17) is 0 Å². The number of hydrogen-bond acceptors (Lipinski definition) is 4. The van der Waals surface area contributed by atoms with Crippen molar-refractivity contribution >= 4 is 11.6 Å². The number of aromatic nitrogens is 3. The maximum absolute atomic E-state index is 12.9. The summed E-state index contributed by atoms with van der Waals surface area (Å²) in [6.07, 6.45) is 0.299. The van der Waals surface area contributed by atoms with Gasteiger partial charge in [0.05, 0.1) is 0 Å². The minimum Gasteiger partial charge on any atom is -0.324 e. The van der Waals surface area contributed by atoms with Crippen LogP contribution in [-0.4, -0.2) is 15.2 Å². The zero-order valence-corrected chi connectivity index (χ0v) is 12.5. The highest BCUT2D eigenvalue weighted by Gasteiger charge is 2.06. The van der Waals surface area contributed by atoms with E-state index in [-0.39, 0.29) is 23.0 Å². The molecule has 1 heterocycles. The van der Waals surface area contributed by atoms with Gasteiger partial charge in [0, 0.05) is 12.1 Å². The van der Waals surface area contributed by atoms with Gasteiger partial charge in [-0.3, -0.25) is 9.78 Å². The second-order valence-electron chi connectivity index (χ2n) is 5.24. The molecule has 0 unspecified atom stereocenters. The summed E-state index contributed by atoms with van der Waals surface area (Å²) in [5, 5.41) is 10.9. The third-order valence-electron chi connectivity index (χ3n) is 3.36. The van der Waals surface area contributed by atoms with Crippen molar-refractivity contribution < 1.29 is 4.39 Å². The summed E-state index contributed by atoms with van der Waals surface area (Å²) >= 11 is 0. The van der Waals surface area contributed by atoms with E-state index >= 15 is 0 Å². The summed E-state index contributed by atoms with van der Waals surface area (Å²) in [5.41, 5.74) is 2.71. The molecule has 0 amide bonds. The first-order valence-corrected chi connectivity index (χ1v) is 7.14. The summed E-state index contributed by atoms with van der Waals surface area (Å²) in [7, 11) is 0. The summed E-state index contributed by atoms with van der Waals surface area (Å²) in [4.78, 5) is 14.7. The molecule has 0 saturated heterocycles. The van der Waals surface area contributed by atoms with E-state index in [1.807, 2.05) is 31.2 Å². The summed E-state index contributed by atoms with van der Waals surface area (Å²) in [5.74, 6) is -0.0342. The van der Waals surface area contributed by atoms with E-state index in [2.05, 4.69) is 20.5 Å². The number of anilines is 2. The van der Waals surface area contributed by atoms with E-state index in [0.29, 0.717) is 6.42 Å². The number of nitrogens with one attached hydrogen (secondary N) is 2. The van der Waals surface area contributed by atoms with Crippen LogP contribution in [0, 0.1) is 12.7 Å². The lowest BCUT2D eigenvalue weighted by Crippen LogP contribution is -2.18. The van der Waals surface area contributed by atoms with Gasteiger partial charge in [-0.1, -0.05) is 29.8 Å². The highest BCUT2D eigenvalue weighted by Crippen LogP contribution is 2.12. The van der Waals surface area contributed by atoms with Gasteiger partial charge < -0.3 is 5.32 Å². The van der Waals surface area contributed by atoms with Crippen LogP contribution in [0.3, 0.4) is 0 Å². The molecule has 2 N–H and O–H groups in total. The van der Waals surface area contributed by atoms with Crippen molar-refractivity contribution in [2.45, 2.75) is 13.3 Å². The van der Waals surface area contributed by atoms with Crippen molar-refractivity contribution in [3.05, 3.63) is 81.5 Å². The molecule has 3 rings (SSSR count). The monoisotopic (exact) mass is 310 g/mol. The van der Waals surface area contributed by atoms with E-state index in [9.17, 15) is 9.18 Å². The van der Waals surface area contributed by atoms with Crippen LogP contribution in [0.4, 0.5) is 16.0 Å². The molecule has 0 aliphatic heterocycles. The predicted octanol–water partition coefficient (Wildman–Crippen LogP) is 2.95. The minimum atomic E-state index is -0.320. The molecule has 0 aliphatic rings. The molecule has 0 aliphatic carbocycles. The Morgan fingerprint density at radius 2 is 1.74 bits per heavy atom. The Kier molecular flexibility index (Phi) is 4.14. The van der Waals surface area contributed by atoms with Crippen LogP contribution < -0.4 is 10.9 Å². The molecule has 5 nitrogen and oxygen atoms in total. The summed E-state index contributed by atoms with van der Waals surface area (Å²) < 4.78 is 12.9. The van der Waals surface area contributed by atoms with Crippen molar-refractivity contribution in [3.8, 4) is 0 Å². The second kappa shape index (κ2) is 6.39. The van der Waals surface area contributed by atoms with Crippen molar-refractivity contribution in [1.82, 2.24) is 15.2 Å². The van der Waals surface area contributed by atoms with E-state index in [1.165, 1.54) is 12.1 Å². The number of hydrogen-bond donors (Lipinski definition) is 2. The van der Waals surface area contributed by atoms with Gasteiger partial charge in [0.1, 0.15) is 11.5 Å². The molecular weight excluding hydrogens is 295 g/mol. The Balaban J connectivity index is 1.76. The standard InChI is InChI=1S/C17H15FN4O/c1-11-2-8-14(9-3-11)19-17-20-16(23)15(21-22-17)10-12-4-6-13(18)7-5-12/h2-9H,10H2,1H3,(H2,19,20,22,23). The Bertz CT molecular complexity index is 857. The molecule has 0 saturated carbocycles. The van der Waals surface area contributed by atoms with Gasteiger partial charge in [-0.2, -0.15) is 0 Å². The molecule has 23 heavy (non-hydrogen) atoms. The van der Waals surface area contributed by atoms with Crippen LogP contribution in [0.2, 0.25) is 0 Å². The number of rotatable bonds is 4. The smallest absolute Gasteiger partial charge is 0.274 e. The summed E-state index contributed by atoms with van der Waals surface area (Å²) in [6.45, 7) is 2.00. The van der Waals surface area contributed by atoms with E-state index in [0.717, 1.165) is 16.8 Å². The highest BCUT2D eigenvalue weighted by molar-refractivity contribution is 5.52. The topological polar surface area (TPSA) is 70.7 Å². The van der Waals surface area contributed by atoms with Crippen LogP contribution in [0.25, 0.3) is 0 Å². The van der Waals surface area contributed by atoms with Gasteiger partial charge >= 0.3 is 0 Å². The molecule has 116 valence electrons. The fourth-order valence-electron chi connectivity index (χ4n) is 2.10. The van der Waals surface area contributed by atoms with Crippen molar-refractivity contribution in [3.63, 3.8) is 0 Å². The molecular formula is C17H15FN4O. The number of halogens is 1. The maximum atomic E-state index is 12.9. The molecule has 2 aromatic carbocycles. The zero-order chi connectivity index (χ0) is 16.2. The number of benzene rings is 2. The molecule has 3 aromatic rings. The zero-order valence-electron chi connectivity index (χ0n) is 12.5. The largest absolute Gasteiger partial charge is 0.324 e. The molecule has 6 heteroatoms. The maximum Gasteiger partial charge on any atom is 0.274 e. The minimum absolute atomic E-state index is 0.279. The molecule has 1 aromatic heterocycles. The third-order valence-corrected chi connectivity index (χ3v) is 3.36. The SMILES string of the molecule is Cc1ccc(Nc2nnc(Cc3ccc(F)cc3)c(=O)[nH]2)cc1. The first kappa shape index (κ1) is 14.9. The molecule has 0 atom stereocenters. The average Bonchev–Trinajstić information content (AvgIpc) is 2.54. The van der Waals surface area contributed by atoms with E-state index in [1.54, 1.807) is 12.1 Å². The first-order chi connectivity index (χ1) is 11.1.